The molecule has 2 heterocycles. The van der Waals surface area contributed by atoms with Crippen LogP contribution in [-0.2, 0) is 0 Å². The molecule has 0 N–H and O–H groups in total. The fraction of sp³-hybridized carbons (Fsp3) is 0. The highest BCUT2D eigenvalue weighted by atomic mass is 16.5. The molecule has 3 aromatic rings. The van der Waals surface area contributed by atoms with E-state index in [0.717, 1.165) is 21.8 Å². The molecule has 12 heavy (non-hydrogen) atoms. The van der Waals surface area contributed by atoms with Crippen molar-refractivity contribution in [3.63, 3.8) is 0 Å². The molecule has 0 bridgehead atoms. The smallest absolute Gasteiger partial charge is 0.143 e. The molecule has 0 radical (unpaired) electrons. The number of benzene rings is 1. The third-order valence-electron chi connectivity index (χ3n) is 1.86. The van der Waals surface area contributed by atoms with Gasteiger partial charge in [-0.15, -0.1) is 0 Å². The normalized spacial score (nSPS) is 11.3. The Bertz CT molecular complexity index is 488. The summed E-state index contributed by atoms with van der Waals surface area (Å²) in [5, 5.41) is 9.53. The molecule has 0 aliphatic rings. The predicted octanol–water partition coefficient (Wildman–Crippen LogP) is 1.97. The molecule has 0 aliphatic carbocycles. The molecule has 0 saturated carbocycles. The molecule has 0 unspecified atom stereocenters. The van der Waals surface area contributed by atoms with Gasteiger partial charge in [0.1, 0.15) is 23.6 Å². The van der Waals surface area contributed by atoms with Gasteiger partial charge in [0.15, 0.2) is 0 Å². The minimum absolute atomic E-state index is 0.751. The first-order valence-electron chi connectivity index (χ1n) is 3.52. The van der Waals surface area contributed by atoms with Crippen LogP contribution >= 0.6 is 0 Å². The lowest BCUT2D eigenvalue weighted by molar-refractivity contribution is 0.422. The molecule has 0 fully saturated rings. The third kappa shape index (κ3) is 0.567. The Morgan fingerprint density at radius 1 is 0.833 bits per heavy atom. The van der Waals surface area contributed by atoms with Gasteiger partial charge in [-0.25, -0.2) is 0 Å². The van der Waals surface area contributed by atoms with Crippen molar-refractivity contribution in [1.82, 2.24) is 10.3 Å². The minimum atomic E-state index is 0.751. The molecule has 0 amide bonds. The van der Waals surface area contributed by atoms with Crippen LogP contribution in [0.4, 0.5) is 0 Å². The number of rotatable bonds is 0. The van der Waals surface area contributed by atoms with Crippen molar-refractivity contribution in [3.8, 4) is 0 Å². The van der Waals surface area contributed by atoms with Crippen LogP contribution in [0.3, 0.4) is 0 Å². The Balaban J connectivity index is 2.71. The Morgan fingerprint density at radius 2 is 1.33 bits per heavy atom. The van der Waals surface area contributed by atoms with Gasteiger partial charge in [0.2, 0.25) is 0 Å². The molecular formula is C8H4N2O2. The van der Waals surface area contributed by atoms with E-state index in [0.29, 0.717) is 0 Å². The fourth-order valence-corrected chi connectivity index (χ4v) is 1.26. The highest BCUT2D eigenvalue weighted by Crippen LogP contribution is 2.22. The molecule has 2 aromatic heterocycles. The molecule has 0 atom stereocenters. The second-order valence-electron chi connectivity index (χ2n) is 2.57. The lowest BCUT2D eigenvalue weighted by atomic mass is 10.2. The molecule has 0 saturated heterocycles. The van der Waals surface area contributed by atoms with Gasteiger partial charge in [-0.2, -0.15) is 0 Å². The number of aromatic nitrogens is 2. The van der Waals surface area contributed by atoms with Crippen LogP contribution in [0.25, 0.3) is 21.8 Å². The first kappa shape index (κ1) is 5.77. The molecule has 4 heteroatoms. The van der Waals surface area contributed by atoms with E-state index in [-0.39, 0.29) is 0 Å². The number of hydrogen-bond donors (Lipinski definition) is 0. The van der Waals surface area contributed by atoms with Crippen molar-refractivity contribution in [2.75, 3.05) is 0 Å². The highest BCUT2D eigenvalue weighted by Gasteiger charge is 2.06. The average molecular weight is 160 g/mol. The highest BCUT2D eigenvalue weighted by molar-refractivity contribution is 6.01. The molecule has 3 rings (SSSR count). The van der Waals surface area contributed by atoms with E-state index in [4.69, 9.17) is 9.05 Å². The first-order valence-corrected chi connectivity index (χ1v) is 3.52. The summed E-state index contributed by atoms with van der Waals surface area (Å²) in [4.78, 5) is 0. The van der Waals surface area contributed by atoms with Crippen LogP contribution in [0, 0.1) is 0 Å². The Kier molecular flexibility index (Phi) is 0.889. The largest absolute Gasteiger partial charge is 0.363 e. The Hall–Kier alpha value is -1.84. The van der Waals surface area contributed by atoms with E-state index >= 15 is 0 Å². The topological polar surface area (TPSA) is 52.1 Å². The summed E-state index contributed by atoms with van der Waals surface area (Å²) in [7, 11) is 0. The lowest BCUT2D eigenvalue weighted by Crippen LogP contribution is -1.70. The van der Waals surface area contributed by atoms with Crippen molar-refractivity contribution in [1.29, 1.82) is 0 Å². The second kappa shape index (κ2) is 1.85. The number of fused-ring (bicyclic) bond motifs is 3. The summed E-state index contributed by atoms with van der Waals surface area (Å²) < 4.78 is 9.62. The zero-order chi connectivity index (χ0) is 7.97. The van der Waals surface area contributed by atoms with E-state index < -0.39 is 0 Å². The van der Waals surface area contributed by atoms with Crippen molar-refractivity contribution < 1.29 is 9.05 Å². The number of nitrogens with zero attached hydrogens (tertiary/aromatic N) is 2. The molecule has 1 aromatic carbocycles. The van der Waals surface area contributed by atoms with Gasteiger partial charge in [-0.05, 0) is 12.1 Å². The average Bonchev–Trinajstić information content (AvgIpc) is 2.71. The van der Waals surface area contributed by atoms with Gasteiger partial charge < -0.3 is 9.05 Å². The maximum atomic E-state index is 4.81. The van der Waals surface area contributed by atoms with Gasteiger partial charge in [0.05, 0.1) is 0 Å². The fourth-order valence-electron chi connectivity index (χ4n) is 1.26. The third-order valence-corrected chi connectivity index (χ3v) is 1.86. The maximum Gasteiger partial charge on any atom is 0.143 e. The summed E-state index contributed by atoms with van der Waals surface area (Å²) in [6.07, 6.45) is 3.17. The van der Waals surface area contributed by atoms with Gasteiger partial charge >= 0.3 is 0 Å². The Morgan fingerprint density at radius 3 is 1.83 bits per heavy atom. The lowest BCUT2D eigenvalue weighted by Gasteiger charge is -1.84. The molecular weight excluding hydrogens is 156 g/mol. The van der Waals surface area contributed by atoms with E-state index in [9.17, 15) is 0 Å². The van der Waals surface area contributed by atoms with Crippen LogP contribution in [0.15, 0.2) is 33.7 Å². The zero-order valence-corrected chi connectivity index (χ0v) is 6.02. The van der Waals surface area contributed by atoms with E-state index in [1.807, 2.05) is 12.1 Å². The van der Waals surface area contributed by atoms with Crippen molar-refractivity contribution >= 4 is 21.8 Å². The molecule has 0 aliphatic heterocycles. The molecule has 4 nitrogen and oxygen atoms in total. The van der Waals surface area contributed by atoms with Gasteiger partial charge in [0, 0.05) is 10.8 Å². The first-order chi connectivity index (χ1) is 5.95. The van der Waals surface area contributed by atoms with Crippen LogP contribution in [0.2, 0.25) is 0 Å². The van der Waals surface area contributed by atoms with Gasteiger partial charge in [-0.3, -0.25) is 0 Å². The molecule has 58 valence electrons. The second-order valence-corrected chi connectivity index (χ2v) is 2.57. The van der Waals surface area contributed by atoms with Crippen LogP contribution in [0.5, 0.6) is 0 Å². The van der Waals surface area contributed by atoms with Crippen LogP contribution in [-0.4, -0.2) is 10.3 Å². The van der Waals surface area contributed by atoms with E-state index in [1.165, 1.54) is 0 Å². The van der Waals surface area contributed by atoms with E-state index in [2.05, 4.69) is 10.3 Å². The van der Waals surface area contributed by atoms with Crippen molar-refractivity contribution in [2.24, 2.45) is 0 Å². The quantitative estimate of drug-likeness (QED) is 0.504. The van der Waals surface area contributed by atoms with Gasteiger partial charge in [0.25, 0.3) is 0 Å². The maximum absolute atomic E-state index is 4.81. The van der Waals surface area contributed by atoms with Crippen LogP contribution < -0.4 is 0 Å². The summed E-state index contributed by atoms with van der Waals surface area (Å²) >= 11 is 0. The summed E-state index contributed by atoms with van der Waals surface area (Å²) in [6.45, 7) is 0. The standard InChI is InChI=1S/C8H4N2O2/c1-2-6-4-12-10-8(6)7-5(1)3-11-9-7/h1-4H. The van der Waals surface area contributed by atoms with Crippen molar-refractivity contribution in [3.05, 3.63) is 24.7 Å². The summed E-state index contributed by atoms with van der Waals surface area (Å²) in [5.74, 6) is 0. The minimum Gasteiger partial charge on any atom is -0.363 e. The van der Waals surface area contributed by atoms with Crippen molar-refractivity contribution in [2.45, 2.75) is 0 Å². The zero-order valence-electron chi connectivity index (χ0n) is 6.02. The van der Waals surface area contributed by atoms with E-state index in [1.54, 1.807) is 12.5 Å². The monoisotopic (exact) mass is 160 g/mol. The van der Waals surface area contributed by atoms with Gasteiger partial charge in [-0.1, -0.05) is 10.3 Å². The summed E-state index contributed by atoms with van der Waals surface area (Å²) in [5.41, 5.74) is 1.50. The number of hydrogen-bond acceptors (Lipinski definition) is 4. The summed E-state index contributed by atoms with van der Waals surface area (Å²) in [6, 6.07) is 3.84. The Labute approximate surface area is 66.7 Å². The molecule has 0 spiro atoms. The SMILES string of the molecule is c1cc2conc2c2nocc12. The predicted molar refractivity (Wildman–Crippen MR) is 41.6 cm³/mol. The van der Waals surface area contributed by atoms with Crippen LogP contribution in [0.1, 0.15) is 0 Å².